The minimum atomic E-state index is -1.03. The molecule has 5 heteroatoms. The molecular formula is C16H21FN2O2. The summed E-state index contributed by atoms with van der Waals surface area (Å²) in [5.74, 6) is -1.38. The number of aliphatic carboxylic acids is 1. The standard InChI is InChI=1S/C16H21FN2O2/c1-12-10-19(8-7-18(12)2)11-14-3-5-15(17)9-13(14)4-6-16(20)21/h3-6,9,12H,7-8,10-11H2,1-2H3,(H,20,21). The van der Waals surface area contributed by atoms with Crippen molar-refractivity contribution in [1.82, 2.24) is 9.80 Å². The summed E-state index contributed by atoms with van der Waals surface area (Å²) in [5.41, 5.74) is 1.58. The van der Waals surface area contributed by atoms with Crippen LogP contribution in [0.3, 0.4) is 0 Å². The number of piperazine rings is 1. The third-order valence-electron chi connectivity index (χ3n) is 3.95. The van der Waals surface area contributed by atoms with Gasteiger partial charge in [-0.2, -0.15) is 0 Å². The monoisotopic (exact) mass is 292 g/mol. The molecule has 114 valence electrons. The highest BCUT2D eigenvalue weighted by molar-refractivity contribution is 5.85. The van der Waals surface area contributed by atoms with Crippen LogP contribution in [0.4, 0.5) is 4.39 Å². The van der Waals surface area contributed by atoms with Crippen LogP contribution in [0.15, 0.2) is 24.3 Å². The molecule has 1 aliphatic heterocycles. The number of benzene rings is 1. The van der Waals surface area contributed by atoms with Gasteiger partial charge in [0.05, 0.1) is 0 Å². The number of likely N-dealkylation sites (N-methyl/N-ethyl adjacent to an activating group) is 1. The van der Waals surface area contributed by atoms with Crippen molar-refractivity contribution in [1.29, 1.82) is 0 Å². The van der Waals surface area contributed by atoms with Gasteiger partial charge in [-0.15, -0.1) is 0 Å². The summed E-state index contributed by atoms with van der Waals surface area (Å²) >= 11 is 0. The van der Waals surface area contributed by atoms with Gasteiger partial charge in [0.2, 0.25) is 0 Å². The molecule has 0 aromatic heterocycles. The van der Waals surface area contributed by atoms with Gasteiger partial charge in [0.25, 0.3) is 0 Å². The summed E-state index contributed by atoms with van der Waals surface area (Å²) in [6.45, 7) is 5.80. The fourth-order valence-electron chi connectivity index (χ4n) is 2.53. The molecule has 21 heavy (non-hydrogen) atoms. The maximum atomic E-state index is 13.4. The number of rotatable bonds is 4. The highest BCUT2D eigenvalue weighted by atomic mass is 19.1. The molecule has 0 saturated carbocycles. The lowest BCUT2D eigenvalue weighted by Crippen LogP contribution is -2.49. The number of carboxylic acids is 1. The minimum Gasteiger partial charge on any atom is -0.478 e. The Morgan fingerprint density at radius 1 is 1.48 bits per heavy atom. The lowest BCUT2D eigenvalue weighted by Gasteiger charge is -2.37. The van der Waals surface area contributed by atoms with E-state index in [9.17, 15) is 9.18 Å². The number of hydrogen-bond acceptors (Lipinski definition) is 3. The first kappa shape index (κ1) is 15.7. The molecular weight excluding hydrogens is 271 g/mol. The van der Waals surface area contributed by atoms with Gasteiger partial charge in [0, 0.05) is 38.3 Å². The summed E-state index contributed by atoms with van der Waals surface area (Å²) in [6.07, 6.45) is 2.51. The molecule has 1 saturated heterocycles. The average Bonchev–Trinajstić information content (AvgIpc) is 2.43. The minimum absolute atomic E-state index is 0.351. The number of nitrogens with zero attached hydrogens (tertiary/aromatic N) is 2. The zero-order valence-electron chi connectivity index (χ0n) is 12.4. The van der Waals surface area contributed by atoms with Crippen molar-refractivity contribution in [2.45, 2.75) is 19.5 Å². The molecule has 1 N–H and O–H groups in total. The number of carbonyl (C=O) groups is 1. The summed E-state index contributed by atoms with van der Waals surface area (Å²) in [7, 11) is 2.11. The van der Waals surface area contributed by atoms with E-state index in [1.54, 1.807) is 6.07 Å². The van der Waals surface area contributed by atoms with Crippen LogP contribution in [0.5, 0.6) is 0 Å². The lowest BCUT2D eigenvalue weighted by molar-refractivity contribution is -0.131. The lowest BCUT2D eigenvalue weighted by atomic mass is 10.0. The number of hydrogen-bond donors (Lipinski definition) is 1. The Hall–Kier alpha value is -1.72. The van der Waals surface area contributed by atoms with E-state index in [-0.39, 0.29) is 5.82 Å². The van der Waals surface area contributed by atoms with Crippen LogP contribution in [0.2, 0.25) is 0 Å². The van der Waals surface area contributed by atoms with Gasteiger partial charge in [0.1, 0.15) is 5.82 Å². The maximum absolute atomic E-state index is 13.4. The Morgan fingerprint density at radius 2 is 2.24 bits per heavy atom. The van der Waals surface area contributed by atoms with E-state index in [1.807, 2.05) is 0 Å². The van der Waals surface area contributed by atoms with Gasteiger partial charge in [-0.3, -0.25) is 4.90 Å². The van der Waals surface area contributed by atoms with Crippen LogP contribution >= 0.6 is 0 Å². The van der Waals surface area contributed by atoms with E-state index >= 15 is 0 Å². The van der Waals surface area contributed by atoms with Crippen molar-refractivity contribution in [3.63, 3.8) is 0 Å². The van der Waals surface area contributed by atoms with Crippen molar-refractivity contribution in [2.24, 2.45) is 0 Å². The molecule has 0 spiro atoms. The summed E-state index contributed by atoms with van der Waals surface area (Å²) in [5, 5.41) is 8.72. The maximum Gasteiger partial charge on any atom is 0.328 e. The molecule has 2 rings (SSSR count). The van der Waals surface area contributed by atoms with Crippen molar-refractivity contribution >= 4 is 12.0 Å². The highest BCUT2D eigenvalue weighted by Crippen LogP contribution is 2.18. The summed E-state index contributed by atoms with van der Waals surface area (Å²) < 4.78 is 13.4. The molecule has 1 aromatic carbocycles. The van der Waals surface area contributed by atoms with Gasteiger partial charge < -0.3 is 10.0 Å². The third-order valence-corrected chi connectivity index (χ3v) is 3.95. The van der Waals surface area contributed by atoms with Gasteiger partial charge in [-0.25, -0.2) is 9.18 Å². The fourth-order valence-corrected chi connectivity index (χ4v) is 2.53. The average molecular weight is 292 g/mol. The van der Waals surface area contributed by atoms with Crippen LogP contribution in [0.1, 0.15) is 18.1 Å². The summed E-state index contributed by atoms with van der Waals surface area (Å²) in [6, 6.07) is 5.03. The molecule has 1 aliphatic rings. The Labute approximate surface area is 124 Å². The van der Waals surface area contributed by atoms with Gasteiger partial charge in [0.15, 0.2) is 0 Å². The van der Waals surface area contributed by atoms with Crippen LogP contribution in [0, 0.1) is 5.82 Å². The van der Waals surface area contributed by atoms with Gasteiger partial charge in [-0.1, -0.05) is 6.07 Å². The second kappa shape index (κ2) is 6.83. The SMILES string of the molecule is CC1CN(Cc2ccc(F)cc2C=CC(=O)O)CCN1C. The molecule has 0 bridgehead atoms. The van der Waals surface area contributed by atoms with Crippen molar-refractivity contribution in [2.75, 3.05) is 26.7 Å². The quantitative estimate of drug-likeness (QED) is 0.863. The van der Waals surface area contributed by atoms with E-state index in [0.717, 1.165) is 31.3 Å². The van der Waals surface area contributed by atoms with E-state index in [1.165, 1.54) is 18.2 Å². The van der Waals surface area contributed by atoms with Crippen molar-refractivity contribution in [3.8, 4) is 0 Å². The first-order chi connectivity index (χ1) is 9.95. The molecule has 1 aromatic rings. The Bertz CT molecular complexity index is 545. The molecule has 1 unspecified atom stereocenters. The largest absolute Gasteiger partial charge is 0.478 e. The Morgan fingerprint density at radius 3 is 2.90 bits per heavy atom. The van der Waals surface area contributed by atoms with Crippen LogP contribution in [-0.2, 0) is 11.3 Å². The molecule has 1 atom stereocenters. The van der Waals surface area contributed by atoms with E-state index < -0.39 is 5.97 Å². The highest BCUT2D eigenvalue weighted by Gasteiger charge is 2.21. The predicted molar refractivity (Wildman–Crippen MR) is 80.4 cm³/mol. The third kappa shape index (κ3) is 4.37. The first-order valence-corrected chi connectivity index (χ1v) is 7.07. The second-order valence-corrected chi connectivity index (χ2v) is 5.58. The molecule has 4 nitrogen and oxygen atoms in total. The second-order valence-electron chi connectivity index (χ2n) is 5.58. The number of halogens is 1. The topological polar surface area (TPSA) is 43.8 Å². The molecule has 1 fully saturated rings. The molecule has 0 aliphatic carbocycles. The summed E-state index contributed by atoms with van der Waals surface area (Å²) in [4.78, 5) is 15.3. The van der Waals surface area contributed by atoms with Crippen molar-refractivity contribution < 1.29 is 14.3 Å². The normalized spacial score (nSPS) is 21.0. The van der Waals surface area contributed by atoms with Crippen LogP contribution in [-0.4, -0.2) is 53.6 Å². The van der Waals surface area contributed by atoms with Gasteiger partial charge in [-0.05, 0) is 43.3 Å². The van der Waals surface area contributed by atoms with Crippen molar-refractivity contribution in [3.05, 3.63) is 41.2 Å². The zero-order valence-corrected chi connectivity index (χ0v) is 12.4. The first-order valence-electron chi connectivity index (χ1n) is 7.07. The van der Waals surface area contributed by atoms with Gasteiger partial charge >= 0.3 is 5.97 Å². The molecule has 0 radical (unpaired) electrons. The number of carboxylic acid groups (broad SMARTS) is 1. The van der Waals surface area contributed by atoms with E-state index in [4.69, 9.17) is 5.11 Å². The zero-order chi connectivity index (χ0) is 15.4. The Balaban J connectivity index is 2.14. The fraction of sp³-hybridized carbons (Fsp3) is 0.438. The smallest absolute Gasteiger partial charge is 0.328 e. The van der Waals surface area contributed by atoms with Crippen LogP contribution < -0.4 is 0 Å². The van der Waals surface area contributed by atoms with E-state index in [2.05, 4.69) is 23.8 Å². The Kier molecular flexibility index (Phi) is 5.09. The molecule has 1 heterocycles. The van der Waals surface area contributed by atoms with E-state index in [0.29, 0.717) is 18.2 Å². The molecule has 0 amide bonds. The van der Waals surface area contributed by atoms with Crippen LogP contribution in [0.25, 0.3) is 6.08 Å². The predicted octanol–water partition coefficient (Wildman–Crippen LogP) is 2.06.